The second-order valence-corrected chi connectivity index (χ2v) is 4.80. The van der Waals surface area contributed by atoms with Crippen LogP contribution in [0.15, 0.2) is 18.2 Å². The fourth-order valence-electron chi connectivity index (χ4n) is 2.33. The summed E-state index contributed by atoms with van der Waals surface area (Å²) in [5.74, 6) is 0.927. The molecular weight excluding hydrogens is 243 g/mol. The molecule has 1 heterocycles. The van der Waals surface area contributed by atoms with Crippen molar-refractivity contribution in [2.75, 3.05) is 5.73 Å². The molecular formula is C14H13FN4. The maximum absolute atomic E-state index is 13.3. The number of aryl methyl sites for hydroxylation is 1. The van der Waals surface area contributed by atoms with Crippen LogP contribution >= 0.6 is 0 Å². The largest absolute Gasteiger partial charge is 0.383 e. The van der Waals surface area contributed by atoms with E-state index in [2.05, 4.69) is 4.98 Å². The van der Waals surface area contributed by atoms with E-state index in [-0.39, 0.29) is 5.56 Å². The second-order valence-electron chi connectivity index (χ2n) is 4.80. The Morgan fingerprint density at radius 1 is 1.47 bits per heavy atom. The van der Waals surface area contributed by atoms with Crippen molar-refractivity contribution in [2.45, 2.75) is 25.8 Å². The van der Waals surface area contributed by atoms with Crippen LogP contribution in [0.4, 0.5) is 10.2 Å². The highest BCUT2D eigenvalue weighted by Crippen LogP contribution is 2.40. The van der Waals surface area contributed by atoms with Crippen molar-refractivity contribution >= 4 is 5.82 Å². The summed E-state index contributed by atoms with van der Waals surface area (Å²) in [4.78, 5) is 4.45. The van der Waals surface area contributed by atoms with Crippen molar-refractivity contribution in [3.63, 3.8) is 0 Å². The Labute approximate surface area is 110 Å². The van der Waals surface area contributed by atoms with Crippen molar-refractivity contribution in [3.8, 4) is 17.3 Å². The molecule has 1 aliphatic rings. The van der Waals surface area contributed by atoms with Gasteiger partial charge in [0.05, 0.1) is 5.56 Å². The minimum absolute atomic E-state index is 0.00975. The molecule has 0 unspecified atom stereocenters. The molecule has 0 atom stereocenters. The quantitative estimate of drug-likeness (QED) is 0.898. The first-order valence-corrected chi connectivity index (χ1v) is 6.16. The molecule has 2 N–H and O–H groups in total. The smallest absolute Gasteiger partial charge is 0.140 e. The summed E-state index contributed by atoms with van der Waals surface area (Å²) in [5.41, 5.74) is 7.44. The number of nitrogens with zero attached hydrogens (tertiary/aromatic N) is 3. The van der Waals surface area contributed by atoms with Crippen molar-refractivity contribution in [1.29, 1.82) is 5.26 Å². The summed E-state index contributed by atoms with van der Waals surface area (Å²) in [6.07, 6.45) is 2.24. The number of rotatable bonds is 2. The highest BCUT2D eigenvalue weighted by atomic mass is 19.1. The van der Waals surface area contributed by atoms with Crippen LogP contribution in [0.1, 0.15) is 30.3 Å². The normalized spacial score (nSPS) is 14.4. The summed E-state index contributed by atoms with van der Waals surface area (Å²) in [5, 5.41) is 8.87. The minimum Gasteiger partial charge on any atom is -0.383 e. The lowest BCUT2D eigenvalue weighted by molar-refractivity contribution is 0.624. The van der Waals surface area contributed by atoms with Crippen molar-refractivity contribution < 1.29 is 4.39 Å². The van der Waals surface area contributed by atoms with Crippen LogP contribution in [0.25, 0.3) is 11.3 Å². The van der Waals surface area contributed by atoms with Crippen LogP contribution in [-0.4, -0.2) is 9.55 Å². The first-order chi connectivity index (χ1) is 9.11. The molecule has 4 nitrogen and oxygen atoms in total. The molecule has 5 heteroatoms. The van der Waals surface area contributed by atoms with Crippen molar-refractivity contribution in [2.24, 2.45) is 0 Å². The summed E-state index contributed by atoms with van der Waals surface area (Å²) >= 11 is 0. The molecule has 0 radical (unpaired) electrons. The molecule has 96 valence electrons. The van der Waals surface area contributed by atoms with Crippen LogP contribution in [0.5, 0.6) is 0 Å². The zero-order valence-electron chi connectivity index (χ0n) is 10.5. The van der Waals surface area contributed by atoms with E-state index in [0.717, 1.165) is 18.7 Å². The van der Waals surface area contributed by atoms with Gasteiger partial charge in [-0.1, -0.05) is 0 Å². The summed E-state index contributed by atoms with van der Waals surface area (Å²) < 4.78 is 15.3. The maximum atomic E-state index is 13.3. The Bertz CT molecular complexity index is 692. The van der Waals surface area contributed by atoms with E-state index in [4.69, 9.17) is 11.0 Å². The zero-order chi connectivity index (χ0) is 13.6. The van der Waals surface area contributed by atoms with Gasteiger partial charge < -0.3 is 10.3 Å². The molecule has 1 saturated carbocycles. The Morgan fingerprint density at radius 3 is 2.84 bits per heavy atom. The molecule has 1 aromatic heterocycles. The van der Waals surface area contributed by atoms with E-state index in [9.17, 15) is 4.39 Å². The second kappa shape index (κ2) is 4.09. The molecule has 2 aromatic rings. The van der Waals surface area contributed by atoms with Gasteiger partial charge in [0.2, 0.25) is 0 Å². The van der Waals surface area contributed by atoms with Crippen molar-refractivity contribution in [1.82, 2.24) is 9.55 Å². The molecule has 0 aliphatic heterocycles. The number of hydrogen-bond acceptors (Lipinski definition) is 3. The SMILES string of the molecule is Cc1nc(-c2ccc(F)c(C#N)c2)c(N)n1C1CC1. The molecule has 1 aliphatic carbocycles. The van der Waals surface area contributed by atoms with Gasteiger partial charge in [-0.2, -0.15) is 5.26 Å². The van der Waals surface area contributed by atoms with Gasteiger partial charge in [0.1, 0.15) is 29.2 Å². The number of nitrogens with two attached hydrogens (primary N) is 1. The number of aromatic nitrogens is 2. The van der Waals surface area contributed by atoms with Gasteiger partial charge >= 0.3 is 0 Å². The summed E-state index contributed by atoms with van der Waals surface area (Å²) in [6.45, 7) is 1.91. The van der Waals surface area contributed by atoms with Gasteiger partial charge in [0, 0.05) is 11.6 Å². The third-order valence-corrected chi connectivity index (χ3v) is 3.40. The summed E-state index contributed by atoms with van der Waals surface area (Å²) in [6, 6.07) is 6.64. The van der Waals surface area contributed by atoms with E-state index < -0.39 is 5.82 Å². The molecule has 1 aromatic carbocycles. The van der Waals surface area contributed by atoms with E-state index in [0.29, 0.717) is 23.1 Å². The standard InChI is InChI=1S/C14H13FN4/c1-8-18-13(14(17)19(8)11-3-4-11)9-2-5-12(15)10(6-9)7-16/h2,5-6,11H,3-4,17H2,1H3. The van der Waals surface area contributed by atoms with Crippen LogP contribution in [0, 0.1) is 24.1 Å². The first kappa shape index (κ1) is 11.7. The first-order valence-electron chi connectivity index (χ1n) is 6.16. The number of benzene rings is 1. The van der Waals surface area contributed by atoms with Gasteiger partial charge in [-0.3, -0.25) is 0 Å². The number of anilines is 1. The molecule has 0 bridgehead atoms. The van der Waals surface area contributed by atoms with Gasteiger partial charge in [-0.15, -0.1) is 0 Å². The minimum atomic E-state index is -0.525. The molecule has 19 heavy (non-hydrogen) atoms. The zero-order valence-corrected chi connectivity index (χ0v) is 10.5. The lowest BCUT2D eigenvalue weighted by Gasteiger charge is -2.05. The van der Waals surface area contributed by atoms with E-state index in [1.165, 1.54) is 12.1 Å². The fraction of sp³-hybridized carbons (Fsp3) is 0.286. The van der Waals surface area contributed by atoms with Crippen LogP contribution in [0.2, 0.25) is 0 Å². The van der Waals surface area contributed by atoms with Crippen LogP contribution in [-0.2, 0) is 0 Å². The van der Waals surface area contributed by atoms with E-state index in [1.54, 1.807) is 6.07 Å². The van der Waals surface area contributed by atoms with E-state index >= 15 is 0 Å². The molecule has 1 fully saturated rings. The third-order valence-electron chi connectivity index (χ3n) is 3.40. The Kier molecular flexibility index (Phi) is 2.53. The highest BCUT2D eigenvalue weighted by Gasteiger charge is 2.28. The maximum Gasteiger partial charge on any atom is 0.140 e. The fourth-order valence-corrected chi connectivity index (χ4v) is 2.33. The predicted octanol–water partition coefficient (Wildman–Crippen LogP) is 2.79. The monoisotopic (exact) mass is 256 g/mol. The number of hydrogen-bond donors (Lipinski definition) is 1. The molecule has 3 rings (SSSR count). The number of nitrogen functional groups attached to an aromatic ring is 1. The number of halogens is 1. The molecule has 0 spiro atoms. The lowest BCUT2D eigenvalue weighted by atomic mass is 10.1. The Balaban J connectivity index is 2.12. The Morgan fingerprint density at radius 2 is 2.21 bits per heavy atom. The highest BCUT2D eigenvalue weighted by molar-refractivity contribution is 5.72. The molecule has 0 amide bonds. The number of nitriles is 1. The summed E-state index contributed by atoms with van der Waals surface area (Å²) in [7, 11) is 0. The third kappa shape index (κ3) is 1.85. The van der Waals surface area contributed by atoms with Crippen LogP contribution in [0.3, 0.4) is 0 Å². The van der Waals surface area contributed by atoms with Gasteiger partial charge in [-0.25, -0.2) is 9.37 Å². The van der Waals surface area contributed by atoms with Crippen LogP contribution < -0.4 is 5.73 Å². The average molecular weight is 256 g/mol. The average Bonchev–Trinajstić information content (AvgIpc) is 3.17. The van der Waals surface area contributed by atoms with Gasteiger partial charge in [0.15, 0.2) is 0 Å². The molecule has 0 saturated heterocycles. The van der Waals surface area contributed by atoms with Crippen molar-refractivity contribution in [3.05, 3.63) is 35.4 Å². The van der Waals surface area contributed by atoms with E-state index in [1.807, 2.05) is 17.6 Å². The topological polar surface area (TPSA) is 67.6 Å². The van der Waals surface area contributed by atoms with Gasteiger partial charge in [0.25, 0.3) is 0 Å². The predicted molar refractivity (Wildman–Crippen MR) is 69.8 cm³/mol. The number of imidazole rings is 1. The lowest BCUT2D eigenvalue weighted by Crippen LogP contribution is -2.02. The Hall–Kier alpha value is -2.35. The van der Waals surface area contributed by atoms with Gasteiger partial charge in [-0.05, 0) is 38.0 Å².